The molecule has 0 bridgehead atoms. The van der Waals surface area contributed by atoms with Gasteiger partial charge < -0.3 is 19.2 Å². The lowest BCUT2D eigenvalue weighted by molar-refractivity contribution is 0.0952. The quantitative estimate of drug-likeness (QED) is 0.436. The minimum atomic E-state index is -0.225. The number of nitrogens with zero attached hydrogens (tertiary/aromatic N) is 4. The van der Waals surface area contributed by atoms with Crippen molar-refractivity contribution < 1.29 is 18.7 Å². The largest absolute Gasteiger partial charge is 0.475 e. The van der Waals surface area contributed by atoms with E-state index in [9.17, 15) is 4.79 Å². The van der Waals surface area contributed by atoms with Gasteiger partial charge in [0, 0.05) is 33.0 Å². The molecule has 0 saturated heterocycles. The van der Waals surface area contributed by atoms with E-state index in [1.165, 1.54) is 0 Å². The Morgan fingerprint density at radius 3 is 2.84 bits per heavy atom. The predicted molar refractivity (Wildman–Crippen MR) is 114 cm³/mol. The molecule has 0 aliphatic carbocycles. The number of ether oxygens (including phenoxy) is 2. The van der Waals surface area contributed by atoms with Gasteiger partial charge in [-0.2, -0.15) is 5.10 Å². The van der Waals surface area contributed by atoms with Gasteiger partial charge in [0.2, 0.25) is 5.88 Å². The fourth-order valence-corrected chi connectivity index (χ4v) is 3.28. The van der Waals surface area contributed by atoms with E-state index in [4.69, 9.17) is 13.9 Å². The third kappa shape index (κ3) is 4.41. The summed E-state index contributed by atoms with van der Waals surface area (Å²) in [6, 6.07) is 8.95. The average Bonchev–Trinajstić information content (AvgIpc) is 3.41. The van der Waals surface area contributed by atoms with E-state index in [2.05, 4.69) is 20.4 Å². The molecule has 31 heavy (non-hydrogen) atoms. The number of hydrogen-bond acceptors (Lipinski definition) is 7. The molecular formula is C22H23N5O4. The maximum atomic E-state index is 13.1. The van der Waals surface area contributed by atoms with Crippen LogP contribution in [0.5, 0.6) is 5.88 Å². The highest BCUT2D eigenvalue weighted by atomic mass is 16.5. The maximum Gasteiger partial charge on any atom is 0.252 e. The van der Waals surface area contributed by atoms with Gasteiger partial charge in [-0.05, 0) is 30.7 Å². The van der Waals surface area contributed by atoms with Crippen LogP contribution in [-0.4, -0.2) is 46.0 Å². The van der Waals surface area contributed by atoms with Crippen LogP contribution in [0.25, 0.3) is 22.5 Å². The first-order valence-electron chi connectivity index (χ1n) is 9.80. The van der Waals surface area contributed by atoms with Gasteiger partial charge in [0.15, 0.2) is 11.4 Å². The second-order valence-electron chi connectivity index (χ2n) is 6.97. The molecule has 0 spiro atoms. The highest BCUT2D eigenvalue weighted by Gasteiger charge is 2.20. The lowest BCUT2D eigenvalue weighted by Crippen LogP contribution is -2.23. The Kier molecular flexibility index (Phi) is 5.94. The van der Waals surface area contributed by atoms with Crippen LogP contribution >= 0.6 is 0 Å². The Bertz CT molecular complexity index is 1180. The van der Waals surface area contributed by atoms with E-state index in [-0.39, 0.29) is 5.91 Å². The van der Waals surface area contributed by atoms with Gasteiger partial charge in [0.1, 0.15) is 12.3 Å². The van der Waals surface area contributed by atoms with Crippen molar-refractivity contribution in [3.63, 3.8) is 0 Å². The predicted octanol–water partition coefficient (Wildman–Crippen LogP) is 2.89. The van der Waals surface area contributed by atoms with Crippen LogP contribution in [-0.2, 0) is 18.3 Å². The fourth-order valence-electron chi connectivity index (χ4n) is 3.28. The molecule has 0 aliphatic heterocycles. The summed E-state index contributed by atoms with van der Waals surface area (Å²) in [5, 5.41) is 8.10. The molecule has 0 atom stereocenters. The third-order valence-corrected chi connectivity index (χ3v) is 4.78. The van der Waals surface area contributed by atoms with Crippen LogP contribution in [0.2, 0.25) is 0 Å². The Labute approximate surface area is 179 Å². The van der Waals surface area contributed by atoms with Gasteiger partial charge in [-0.25, -0.2) is 9.97 Å². The number of furan rings is 1. The van der Waals surface area contributed by atoms with Crippen LogP contribution in [0.4, 0.5) is 0 Å². The number of aryl methyl sites for hydroxylation is 2. The van der Waals surface area contributed by atoms with E-state index in [0.29, 0.717) is 48.3 Å². The van der Waals surface area contributed by atoms with Gasteiger partial charge in [-0.1, -0.05) is 6.07 Å². The lowest BCUT2D eigenvalue weighted by atomic mass is 10.1. The summed E-state index contributed by atoms with van der Waals surface area (Å²) in [7, 11) is 3.42. The molecule has 4 aromatic rings. The van der Waals surface area contributed by atoms with Gasteiger partial charge >= 0.3 is 0 Å². The molecule has 160 valence electrons. The minimum absolute atomic E-state index is 0.225. The Morgan fingerprint density at radius 2 is 2.13 bits per heavy atom. The van der Waals surface area contributed by atoms with Crippen molar-refractivity contribution >= 4 is 16.9 Å². The van der Waals surface area contributed by atoms with Gasteiger partial charge in [-0.3, -0.25) is 9.48 Å². The van der Waals surface area contributed by atoms with Crippen molar-refractivity contribution in [1.82, 2.24) is 25.1 Å². The molecule has 4 rings (SSSR count). The molecule has 9 nitrogen and oxygen atoms in total. The second-order valence-corrected chi connectivity index (χ2v) is 6.97. The summed E-state index contributed by atoms with van der Waals surface area (Å²) in [5.74, 6) is 0.872. The number of hydrogen-bond donors (Lipinski definition) is 1. The van der Waals surface area contributed by atoms with Crippen LogP contribution in [0.1, 0.15) is 21.6 Å². The number of rotatable bonds is 8. The first-order valence-corrected chi connectivity index (χ1v) is 9.80. The zero-order chi connectivity index (χ0) is 21.8. The van der Waals surface area contributed by atoms with Crippen molar-refractivity contribution in [2.45, 2.75) is 13.5 Å². The average molecular weight is 421 g/mol. The molecule has 0 aromatic carbocycles. The zero-order valence-corrected chi connectivity index (χ0v) is 17.6. The van der Waals surface area contributed by atoms with Crippen molar-refractivity contribution in [1.29, 1.82) is 0 Å². The summed E-state index contributed by atoms with van der Waals surface area (Å²) in [6.45, 7) is 3.11. The van der Waals surface area contributed by atoms with Crippen LogP contribution < -0.4 is 10.1 Å². The first kappa shape index (κ1) is 20.5. The van der Waals surface area contributed by atoms with Crippen LogP contribution in [0.3, 0.4) is 0 Å². The number of carbonyl (C=O) groups is 1. The van der Waals surface area contributed by atoms with Crippen molar-refractivity contribution in [2.75, 3.05) is 20.3 Å². The topological polar surface area (TPSA) is 104 Å². The molecule has 4 aromatic heterocycles. The molecule has 4 heterocycles. The molecule has 1 N–H and O–H groups in total. The zero-order valence-electron chi connectivity index (χ0n) is 17.6. The van der Waals surface area contributed by atoms with Crippen molar-refractivity contribution in [3.05, 3.63) is 59.6 Å². The van der Waals surface area contributed by atoms with E-state index in [0.717, 1.165) is 16.6 Å². The molecular weight excluding hydrogens is 398 g/mol. The summed E-state index contributed by atoms with van der Waals surface area (Å²) in [5.41, 5.74) is 3.28. The summed E-state index contributed by atoms with van der Waals surface area (Å²) in [6.07, 6.45) is 3.25. The number of aromatic nitrogens is 4. The molecule has 0 fully saturated rings. The summed E-state index contributed by atoms with van der Waals surface area (Å²) < 4.78 is 17.6. The highest BCUT2D eigenvalue weighted by molar-refractivity contribution is 6.07. The molecule has 0 aliphatic rings. The number of methoxy groups -OCH3 is 1. The Morgan fingerprint density at radius 1 is 1.26 bits per heavy atom. The molecule has 1 amide bonds. The molecule has 9 heteroatoms. The third-order valence-electron chi connectivity index (χ3n) is 4.78. The highest BCUT2D eigenvalue weighted by Crippen LogP contribution is 2.27. The standard InChI is InChI=1S/C22H23N5O4/c1-14-20-16(11-17(18-5-4-8-30-18)25-21(20)27(2)26-14)22(28)24-13-15-6-7-19(23-12-15)31-10-9-29-3/h4-8,11-12H,9-10,13H2,1-3H3,(H,24,28). The molecule has 0 unspecified atom stereocenters. The van der Waals surface area contributed by atoms with E-state index in [1.54, 1.807) is 55.6 Å². The summed E-state index contributed by atoms with van der Waals surface area (Å²) >= 11 is 0. The number of amides is 1. The fraction of sp³-hybridized carbons (Fsp3) is 0.273. The molecule has 0 saturated carbocycles. The Balaban J connectivity index is 1.55. The summed E-state index contributed by atoms with van der Waals surface area (Å²) in [4.78, 5) is 22.0. The van der Waals surface area contributed by atoms with Crippen LogP contribution in [0.15, 0.2) is 47.2 Å². The second kappa shape index (κ2) is 8.97. The Hall–Kier alpha value is -3.72. The number of carbonyl (C=O) groups excluding carboxylic acids is 1. The lowest BCUT2D eigenvalue weighted by Gasteiger charge is -2.09. The monoisotopic (exact) mass is 421 g/mol. The van der Waals surface area contributed by atoms with Gasteiger partial charge in [0.25, 0.3) is 5.91 Å². The number of nitrogens with one attached hydrogen (secondary N) is 1. The minimum Gasteiger partial charge on any atom is -0.475 e. The van der Waals surface area contributed by atoms with E-state index in [1.807, 2.05) is 13.0 Å². The first-order chi connectivity index (χ1) is 15.1. The van der Waals surface area contributed by atoms with Crippen LogP contribution in [0, 0.1) is 6.92 Å². The van der Waals surface area contributed by atoms with E-state index >= 15 is 0 Å². The van der Waals surface area contributed by atoms with E-state index < -0.39 is 0 Å². The number of fused-ring (bicyclic) bond motifs is 1. The number of pyridine rings is 2. The van der Waals surface area contributed by atoms with Crippen molar-refractivity contribution in [3.8, 4) is 17.3 Å². The normalized spacial score (nSPS) is 11.1. The van der Waals surface area contributed by atoms with Crippen molar-refractivity contribution in [2.24, 2.45) is 7.05 Å². The van der Waals surface area contributed by atoms with Gasteiger partial charge in [-0.15, -0.1) is 0 Å². The smallest absolute Gasteiger partial charge is 0.252 e. The SMILES string of the molecule is COCCOc1ccc(CNC(=O)c2cc(-c3ccco3)nc3c2c(C)nn3C)cn1. The maximum absolute atomic E-state index is 13.1. The molecule has 0 radical (unpaired) electrons. The van der Waals surface area contributed by atoms with Gasteiger partial charge in [0.05, 0.1) is 29.5 Å².